The number of urea groups is 1. The summed E-state index contributed by atoms with van der Waals surface area (Å²) in [5.41, 5.74) is 0.986. The van der Waals surface area contributed by atoms with Crippen LogP contribution in [0.4, 0.5) is 4.79 Å². The van der Waals surface area contributed by atoms with E-state index >= 15 is 0 Å². The van der Waals surface area contributed by atoms with Crippen molar-refractivity contribution in [1.82, 2.24) is 10.2 Å². The van der Waals surface area contributed by atoms with E-state index in [4.69, 9.17) is 4.42 Å². The number of esters is 1. The molecule has 7 heteroatoms. The fourth-order valence-corrected chi connectivity index (χ4v) is 2.26. The molecule has 24 heavy (non-hydrogen) atoms. The van der Waals surface area contributed by atoms with Crippen LogP contribution in [0.15, 0.2) is 52.6 Å². The Morgan fingerprint density at radius 1 is 1.21 bits per heavy atom. The van der Waals surface area contributed by atoms with Crippen molar-refractivity contribution < 1.29 is 23.5 Å². The molecule has 1 N–H and O–H groups in total. The molecular formula is C17H14N2O5. The quantitative estimate of drug-likeness (QED) is 0.528. The molecule has 1 aliphatic heterocycles. The smallest absolute Gasteiger partial charge is 0.373 e. The number of nitrogens with one attached hydrogen (secondary N) is 1. The van der Waals surface area contributed by atoms with Crippen LogP contribution in [0.25, 0.3) is 6.08 Å². The second kappa shape index (κ2) is 6.41. The molecule has 7 nitrogen and oxygen atoms in total. The summed E-state index contributed by atoms with van der Waals surface area (Å²) in [4.78, 5) is 36.7. The first-order valence-corrected chi connectivity index (χ1v) is 7.15. The highest BCUT2D eigenvalue weighted by atomic mass is 16.5. The summed E-state index contributed by atoms with van der Waals surface area (Å²) in [6.45, 7) is -0.0756. The molecule has 2 aromatic rings. The first-order chi connectivity index (χ1) is 11.6. The minimum Gasteiger partial charge on any atom is -0.463 e. The Balaban J connectivity index is 1.76. The van der Waals surface area contributed by atoms with Gasteiger partial charge in [0.1, 0.15) is 11.5 Å². The molecule has 1 saturated heterocycles. The molecule has 1 aliphatic rings. The van der Waals surface area contributed by atoms with E-state index in [2.05, 4.69) is 10.1 Å². The molecule has 0 unspecified atom stereocenters. The van der Waals surface area contributed by atoms with Gasteiger partial charge in [-0.1, -0.05) is 30.3 Å². The maximum Gasteiger partial charge on any atom is 0.373 e. The van der Waals surface area contributed by atoms with E-state index in [1.54, 1.807) is 6.08 Å². The van der Waals surface area contributed by atoms with Gasteiger partial charge in [0.15, 0.2) is 0 Å². The van der Waals surface area contributed by atoms with E-state index < -0.39 is 17.9 Å². The van der Waals surface area contributed by atoms with E-state index in [0.717, 1.165) is 10.5 Å². The van der Waals surface area contributed by atoms with Crippen molar-refractivity contribution >= 4 is 24.0 Å². The van der Waals surface area contributed by atoms with Crippen LogP contribution in [-0.2, 0) is 16.1 Å². The zero-order valence-electron chi connectivity index (χ0n) is 12.8. The van der Waals surface area contributed by atoms with E-state index in [-0.39, 0.29) is 18.0 Å². The van der Waals surface area contributed by atoms with Crippen LogP contribution in [0, 0.1) is 0 Å². The minimum absolute atomic E-state index is 0.0135. The van der Waals surface area contributed by atoms with Gasteiger partial charge in [-0.15, -0.1) is 0 Å². The van der Waals surface area contributed by atoms with Crippen molar-refractivity contribution in [3.05, 3.63) is 65.2 Å². The van der Waals surface area contributed by atoms with E-state index in [1.807, 2.05) is 30.3 Å². The van der Waals surface area contributed by atoms with Gasteiger partial charge >= 0.3 is 12.0 Å². The van der Waals surface area contributed by atoms with E-state index in [0.29, 0.717) is 5.76 Å². The first kappa shape index (κ1) is 15.5. The number of imide groups is 1. The zero-order chi connectivity index (χ0) is 17.1. The van der Waals surface area contributed by atoms with Crippen molar-refractivity contribution in [2.75, 3.05) is 7.11 Å². The van der Waals surface area contributed by atoms with Crippen LogP contribution in [0.3, 0.4) is 0 Å². The molecule has 2 heterocycles. The largest absolute Gasteiger partial charge is 0.463 e. The minimum atomic E-state index is -0.622. The number of benzene rings is 1. The molecule has 0 aliphatic carbocycles. The summed E-state index contributed by atoms with van der Waals surface area (Å²) in [6, 6.07) is 11.6. The number of hydrogen-bond donors (Lipinski definition) is 1. The lowest BCUT2D eigenvalue weighted by Gasteiger charge is -2.09. The lowest BCUT2D eigenvalue weighted by atomic mass is 10.2. The Kier molecular flexibility index (Phi) is 4.15. The molecule has 3 amide bonds. The van der Waals surface area contributed by atoms with Gasteiger partial charge in [-0.3, -0.25) is 9.69 Å². The highest BCUT2D eigenvalue weighted by Gasteiger charge is 2.34. The van der Waals surface area contributed by atoms with Crippen LogP contribution in [0.5, 0.6) is 0 Å². The number of hydrogen-bond acceptors (Lipinski definition) is 5. The number of ether oxygens (including phenoxy) is 1. The average Bonchev–Trinajstić information content (AvgIpc) is 3.16. The highest BCUT2D eigenvalue weighted by Crippen LogP contribution is 2.18. The van der Waals surface area contributed by atoms with Crippen molar-refractivity contribution in [2.45, 2.75) is 6.54 Å². The maximum absolute atomic E-state index is 12.4. The number of nitrogens with zero attached hydrogens (tertiary/aromatic N) is 1. The van der Waals surface area contributed by atoms with Gasteiger partial charge in [0.2, 0.25) is 5.76 Å². The summed E-state index contributed by atoms with van der Waals surface area (Å²) in [5.74, 6) is -0.762. The Morgan fingerprint density at radius 3 is 2.67 bits per heavy atom. The fourth-order valence-electron chi connectivity index (χ4n) is 2.26. The number of furan rings is 1. The van der Waals surface area contributed by atoms with Gasteiger partial charge in [-0.2, -0.15) is 0 Å². The highest BCUT2D eigenvalue weighted by molar-refractivity contribution is 6.13. The lowest BCUT2D eigenvalue weighted by molar-refractivity contribution is -0.123. The Morgan fingerprint density at radius 2 is 1.96 bits per heavy atom. The van der Waals surface area contributed by atoms with Gasteiger partial charge in [-0.25, -0.2) is 9.59 Å². The fraction of sp³-hybridized carbons (Fsp3) is 0.118. The van der Waals surface area contributed by atoms with Gasteiger partial charge < -0.3 is 14.5 Å². The lowest BCUT2D eigenvalue weighted by Crippen LogP contribution is -2.30. The summed E-state index contributed by atoms with van der Waals surface area (Å²) in [5, 5.41) is 2.53. The molecule has 0 spiro atoms. The van der Waals surface area contributed by atoms with Gasteiger partial charge in [0.05, 0.1) is 13.7 Å². The SMILES string of the molecule is COC(=O)c1ccc(CN2C(=O)N/C(=C\c3ccccc3)C2=O)o1. The van der Waals surface area contributed by atoms with Crippen LogP contribution in [0.1, 0.15) is 21.9 Å². The van der Waals surface area contributed by atoms with Crippen LogP contribution < -0.4 is 5.32 Å². The molecule has 0 atom stereocenters. The molecule has 0 saturated carbocycles. The number of amides is 3. The summed E-state index contributed by atoms with van der Waals surface area (Å²) in [7, 11) is 1.24. The van der Waals surface area contributed by atoms with Gasteiger partial charge in [-0.05, 0) is 23.8 Å². The Hall–Kier alpha value is -3.35. The van der Waals surface area contributed by atoms with Gasteiger partial charge in [0, 0.05) is 0 Å². The second-order valence-electron chi connectivity index (χ2n) is 5.05. The topological polar surface area (TPSA) is 88.9 Å². The standard InChI is InChI=1S/C17H14N2O5/c1-23-16(21)14-8-7-12(24-14)10-19-15(20)13(18-17(19)22)9-11-5-3-2-4-6-11/h2-9H,10H2,1H3,(H,18,22)/b13-9-. The number of carbonyl (C=O) groups excluding carboxylic acids is 3. The second-order valence-corrected chi connectivity index (χ2v) is 5.05. The number of carbonyl (C=O) groups is 3. The van der Waals surface area contributed by atoms with Crippen molar-refractivity contribution in [2.24, 2.45) is 0 Å². The zero-order valence-corrected chi connectivity index (χ0v) is 12.8. The monoisotopic (exact) mass is 326 g/mol. The summed E-state index contributed by atoms with van der Waals surface area (Å²) < 4.78 is 9.82. The van der Waals surface area contributed by atoms with E-state index in [9.17, 15) is 14.4 Å². The van der Waals surface area contributed by atoms with Crippen molar-refractivity contribution in [1.29, 1.82) is 0 Å². The molecule has 0 bridgehead atoms. The summed E-state index contributed by atoms with van der Waals surface area (Å²) in [6.07, 6.45) is 1.60. The molecule has 3 rings (SSSR count). The third-order valence-electron chi connectivity index (χ3n) is 3.44. The predicted octanol–water partition coefficient (Wildman–Crippen LogP) is 2.16. The molecule has 0 radical (unpaired) electrons. The van der Waals surface area contributed by atoms with Gasteiger partial charge in [0.25, 0.3) is 5.91 Å². The van der Waals surface area contributed by atoms with Crippen LogP contribution in [0.2, 0.25) is 0 Å². The molecule has 1 fully saturated rings. The Bertz CT molecular complexity index is 823. The average molecular weight is 326 g/mol. The van der Waals surface area contributed by atoms with Crippen LogP contribution in [-0.4, -0.2) is 29.9 Å². The number of methoxy groups -OCH3 is 1. The third kappa shape index (κ3) is 3.05. The van der Waals surface area contributed by atoms with Crippen LogP contribution >= 0.6 is 0 Å². The normalized spacial score (nSPS) is 15.7. The maximum atomic E-state index is 12.4. The first-order valence-electron chi connectivity index (χ1n) is 7.15. The molecule has 1 aromatic heterocycles. The van der Waals surface area contributed by atoms with Crippen molar-refractivity contribution in [3.63, 3.8) is 0 Å². The number of rotatable bonds is 4. The van der Waals surface area contributed by atoms with E-state index in [1.165, 1.54) is 19.2 Å². The molecular weight excluding hydrogens is 312 g/mol. The predicted molar refractivity (Wildman–Crippen MR) is 83.5 cm³/mol. The summed E-state index contributed by atoms with van der Waals surface area (Å²) >= 11 is 0. The Labute approximate surface area is 137 Å². The molecule has 1 aromatic carbocycles. The van der Waals surface area contributed by atoms with Crippen molar-refractivity contribution in [3.8, 4) is 0 Å². The third-order valence-corrected chi connectivity index (χ3v) is 3.44. The molecule has 122 valence electrons.